The number of aliphatic carboxylic acids is 1. The zero-order chi connectivity index (χ0) is 13.4. The first-order chi connectivity index (χ1) is 8.65. The van der Waals surface area contributed by atoms with Crippen molar-refractivity contribution < 1.29 is 19.4 Å². The number of benzene rings is 1. The van der Waals surface area contributed by atoms with Crippen LogP contribution in [0.3, 0.4) is 0 Å². The molecule has 0 amide bonds. The minimum atomic E-state index is -0.982. The molecule has 0 saturated heterocycles. The summed E-state index contributed by atoms with van der Waals surface area (Å²) >= 11 is 0. The maximum absolute atomic E-state index is 11.8. The molecule has 0 aliphatic heterocycles. The number of hydrogen-bond donors (Lipinski definition) is 2. The molecule has 1 aromatic carbocycles. The lowest BCUT2D eigenvalue weighted by atomic mass is 10.2. The number of para-hydroxylation sites is 1. The topological polar surface area (TPSA) is 75.6 Å². The summed E-state index contributed by atoms with van der Waals surface area (Å²) in [6.45, 7) is 2.15. The van der Waals surface area contributed by atoms with Crippen LogP contribution in [0, 0.1) is 0 Å². The van der Waals surface area contributed by atoms with Gasteiger partial charge < -0.3 is 15.2 Å². The van der Waals surface area contributed by atoms with Crippen LogP contribution in [0.15, 0.2) is 24.3 Å². The molecule has 0 heterocycles. The molecule has 0 aromatic heterocycles. The predicted octanol–water partition coefficient (Wildman–Crippen LogP) is 2.14. The summed E-state index contributed by atoms with van der Waals surface area (Å²) in [6.07, 6.45) is 1.77. The fourth-order valence-electron chi connectivity index (χ4n) is 1.37. The lowest BCUT2D eigenvalue weighted by Gasteiger charge is -2.10. The van der Waals surface area contributed by atoms with Crippen molar-refractivity contribution in [3.05, 3.63) is 29.8 Å². The molecule has 0 fully saturated rings. The van der Waals surface area contributed by atoms with Crippen molar-refractivity contribution in [3.63, 3.8) is 0 Å². The van der Waals surface area contributed by atoms with E-state index < -0.39 is 11.9 Å². The average Bonchev–Trinajstić information content (AvgIpc) is 2.37. The van der Waals surface area contributed by atoms with Crippen LogP contribution < -0.4 is 5.32 Å². The minimum Gasteiger partial charge on any atom is -0.480 e. The van der Waals surface area contributed by atoms with Crippen LogP contribution >= 0.6 is 0 Å². The highest BCUT2D eigenvalue weighted by atomic mass is 16.5. The van der Waals surface area contributed by atoms with Gasteiger partial charge >= 0.3 is 11.9 Å². The maximum atomic E-state index is 11.8. The number of rotatable bonds is 7. The number of unbranched alkanes of at least 4 members (excludes halogenated alkanes) is 1. The first-order valence-electron chi connectivity index (χ1n) is 5.87. The quantitative estimate of drug-likeness (QED) is 0.573. The van der Waals surface area contributed by atoms with Gasteiger partial charge in [0.15, 0.2) is 0 Å². The normalized spacial score (nSPS) is 9.83. The molecule has 98 valence electrons. The molecule has 0 aliphatic carbocycles. The van der Waals surface area contributed by atoms with Crippen molar-refractivity contribution in [2.75, 3.05) is 18.5 Å². The number of carboxylic acids is 1. The van der Waals surface area contributed by atoms with E-state index in [1.807, 2.05) is 6.92 Å². The van der Waals surface area contributed by atoms with Gasteiger partial charge in [-0.15, -0.1) is 0 Å². The van der Waals surface area contributed by atoms with Crippen molar-refractivity contribution in [2.45, 2.75) is 19.8 Å². The Labute approximate surface area is 106 Å². The van der Waals surface area contributed by atoms with E-state index in [0.717, 1.165) is 12.8 Å². The van der Waals surface area contributed by atoms with Crippen LogP contribution in [-0.4, -0.2) is 30.2 Å². The summed E-state index contributed by atoms with van der Waals surface area (Å²) in [4.78, 5) is 22.3. The molecule has 0 bridgehead atoms. The van der Waals surface area contributed by atoms with Crippen LogP contribution in [-0.2, 0) is 9.53 Å². The van der Waals surface area contributed by atoms with E-state index in [2.05, 4.69) is 5.32 Å². The molecule has 0 unspecified atom stereocenters. The van der Waals surface area contributed by atoms with E-state index in [-0.39, 0.29) is 6.54 Å². The molecule has 2 N–H and O–H groups in total. The molecule has 0 atom stereocenters. The van der Waals surface area contributed by atoms with E-state index in [1.165, 1.54) is 0 Å². The number of carbonyl (C=O) groups is 2. The molecular weight excluding hydrogens is 234 g/mol. The predicted molar refractivity (Wildman–Crippen MR) is 67.8 cm³/mol. The Morgan fingerprint density at radius 2 is 2.06 bits per heavy atom. The van der Waals surface area contributed by atoms with Gasteiger partial charge in [-0.2, -0.15) is 0 Å². The first-order valence-corrected chi connectivity index (χ1v) is 5.87. The van der Waals surface area contributed by atoms with Gasteiger partial charge in [0.05, 0.1) is 12.2 Å². The van der Waals surface area contributed by atoms with Crippen molar-refractivity contribution in [2.24, 2.45) is 0 Å². The molecule has 0 aliphatic rings. The van der Waals surface area contributed by atoms with Gasteiger partial charge in [-0.05, 0) is 18.6 Å². The number of ether oxygens (including phenoxy) is 1. The van der Waals surface area contributed by atoms with E-state index in [1.54, 1.807) is 24.3 Å². The second-order valence-corrected chi connectivity index (χ2v) is 3.78. The van der Waals surface area contributed by atoms with Crippen molar-refractivity contribution in [1.29, 1.82) is 0 Å². The summed E-state index contributed by atoms with van der Waals surface area (Å²) in [6, 6.07) is 6.70. The third-order valence-corrected chi connectivity index (χ3v) is 2.31. The van der Waals surface area contributed by atoms with E-state index >= 15 is 0 Å². The average molecular weight is 251 g/mol. The van der Waals surface area contributed by atoms with E-state index in [4.69, 9.17) is 9.84 Å². The fraction of sp³-hybridized carbons (Fsp3) is 0.385. The second kappa shape index (κ2) is 7.32. The van der Waals surface area contributed by atoms with Gasteiger partial charge in [0, 0.05) is 5.69 Å². The summed E-state index contributed by atoms with van der Waals surface area (Å²) in [5, 5.41) is 11.3. The highest BCUT2D eigenvalue weighted by molar-refractivity contribution is 5.96. The smallest absolute Gasteiger partial charge is 0.340 e. The Hall–Kier alpha value is -2.04. The summed E-state index contributed by atoms with van der Waals surface area (Å²) in [5.74, 6) is -1.42. The summed E-state index contributed by atoms with van der Waals surface area (Å²) < 4.78 is 5.09. The highest BCUT2D eigenvalue weighted by Gasteiger charge is 2.12. The summed E-state index contributed by atoms with van der Waals surface area (Å²) in [5.41, 5.74) is 0.830. The number of carboxylic acid groups (broad SMARTS) is 1. The van der Waals surface area contributed by atoms with Gasteiger partial charge in [0.25, 0.3) is 0 Å². The number of anilines is 1. The molecule has 5 heteroatoms. The van der Waals surface area contributed by atoms with Gasteiger partial charge in [-0.3, -0.25) is 4.79 Å². The zero-order valence-electron chi connectivity index (χ0n) is 10.3. The van der Waals surface area contributed by atoms with Crippen LogP contribution in [0.25, 0.3) is 0 Å². The van der Waals surface area contributed by atoms with Crippen molar-refractivity contribution >= 4 is 17.6 Å². The molecular formula is C13H17NO4. The van der Waals surface area contributed by atoms with Gasteiger partial charge in [0.2, 0.25) is 0 Å². The molecule has 0 saturated carbocycles. The Morgan fingerprint density at radius 1 is 1.33 bits per heavy atom. The number of carbonyl (C=O) groups excluding carboxylic acids is 1. The molecule has 1 aromatic rings. The Bertz CT molecular complexity index is 417. The van der Waals surface area contributed by atoms with Crippen molar-refractivity contribution in [1.82, 2.24) is 0 Å². The molecule has 5 nitrogen and oxygen atoms in total. The standard InChI is InChI=1S/C13H17NO4/c1-2-3-8-18-13(17)10-6-4-5-7-11(10)14-9-12(15)16/h4-7,14H,2-3,8-9H2,1H3,(H,15,16). The Morgan fingerprint density at radius 3 is 2.72 bits per heavy atom. The molecule has 0 radical (unpaired) electrons. The third kappa shape index (κ3) is 4.45. The van der Waals surface area contributed by atoms with Crippen LogP contribution in [0.1, 0.15) is 30.1 Å². The lowest BCUT2D eigenvalue weighted by Crippen LogP contribution is -2.16. The number of esters is 1. The molecule has 1 rings (SSSR count). The van der Waals surface area contributed by atoms with Crippen LogP contribution in [0.4, 0.5) is 5.69 Å². The van der Waals surface area contributed by atoms with Crippen LogP contribution in [0.2, 0.25) is 0 Å². The fourth-order valence-corrected chi connectivity index (χ4v) is 1.37. The third-order valence-electron chi connectivity index (χ3n) is 2.31. The lowest BCUT2D eigenvalue weighted by molar-refractivity contribution is -0.134. The van der Waals surface area contributed by atoms with Crippen molar-refractivity contribution in [3.8, 4) is 0 Å². The Kier molecular flexibility index (Phi) is 5.70. The van der Waals surface area contributed by atoms with Gasteiger partial charge in [-0.1, -0.05) is 25.5 Å². The monoisotopic (exact) mass is 251 g/mol. The minimum absolute atomic E-state index is 0.237. The molecule has 18 heavy (non-hydrogen) atoms. The van der Waals surface area contributed by atoms with E-state index in [0.29, 0.717) is 17.9 Å². The largest absolute Gasteiger partial charge is 0.480 e. The molecule has 0 spiro atoms. The number of hydrogen-bond acceptors (Lipinski definition) is 4. The second-order valence-electron chi connectivity index (χ2n) is 3.78. The first kappa shape index (κ1) is 14.0. The van der Waals surface area contributed by atoms with Gasteiger partial charge in [0.1, 0.15) is 6.54 Å². The maximum Gasteiger partial charge on any atom is 0.340 e. The highest BCUT2D eigenvalue weighted by Crippen LogP contribution is 2.16. The number of nitrogens with one attached hydrogen (secondary N) is 1. The summed E-state index contributed by atoms with van der Waals surface area (Å²) in [7, 11) is 0. The Balaban J connectivity index is 2.68. The van der Waals surface area contributed by atoms with E-state index in [9.17, 15) is 9.59 Å². The zero-order valence-corrected chi connectivity index (χ0v) is 10.3. The van der Waals surface area contributed by atoms with Gasteiger partial charge in [-0.25, -0.2) is 4.79 Å². The van der Waals surface area contributed by atoms with Crippen LogP contribution in [0.5, 0.6) is 0 Å². The SMILES string of the molecule is CCCCOC(=O)c1ccccc1NCC(=O)O.